The van der Waals surface area contributed by atoms with E-state index < -0.39 is 35.3 Å². The lowest BCUT2D eigenvalue weighted by molar-refractivity contribution is -0.150. The molecule has 3 heterocycles. The normalized spacial score (nSPS) is 19.7. The van der Waals surface area contributed by atoms with Crippen LogP contribution in [0.15, 0.2) is 34.6 Å². The van der Waals surface area contributed by atoms with Gasteiger partial charge in [0.1, 0.15) is 42.3 Å². The zero-order chi connectivity index (χ0) is 24.1. The minimum atomic E-state index is -1.38. The van der Waals surface area contributed by atoms with Gasteiger partial charge in [0.2, 0.25) is 6.41 Å². The third-order valence-corrected chi connectivity index (χ3v) is 5.86. The molecule has 0 spiro atoms. The van der Waals surface area contributed by atoms with E-state index in [4.69, 9.17) is 10.6 Å². The molecule has 5 N–H and O–H groups in total. The molecule has 3 rings (SSSR count). The molecule has 0 radical (unpaired) electrons. The van der Waals surface area contributed by atoms with Crippen molar-refractivity contribution in [1.82, 2.24) is 15.2 Å². The highest BCUT2D eigenvalue weighted by Crippen LogP contribution is 2.40. The fourth-order valence-electron chi connectivity index (χ4n) is 3.17. The minimum absolute atomic E-state index is 0.0677. The Hall–Kier alpha value is -4.14. The summed E-state index contributed by atoms with van der Waals surface area (Å²) in [7, 11) is 1.22. The Balaban J connectivity index is 1.79. The molecule has 1 aromatic rings. The Morgan fingerprint density at radius 3 is 2.82 bits per heavy atom. The van der Waals surface area contributed by atoms with Crippen molar-refractivity contribution >= 4 is 53.6 Å². The number of fused-ring (bicyclic) bond motifs is 1. The molecule has 1 unspecified atom stereocenters. The first-order valence-electron chi connectivity index (χ1n) is 9.20. The first-order valence-corrected chi connectivity index (χ1v) is 10.2. The predicted molar refractivity (Wildman–Crippen MR) is 113 cm³/mol. The van der Waals surface area contributed by atoms with Crippen molar-refractivity contribution in [3.05, 3.63) is 35.2 Å². The predicted octanol–water partition coefficient (Wildman–Crippen LogP) is -1.17. The van der Waals surface area contributed by atoms with Crippen LogP contribution in [0.4, 0.5) is 10.6 Å². The molecule has 174 valence electrons. The summed E-state index contributed by atoms with van der Waals surface area (Å²) >= 11 is 1.18. The second-order valence-corrected chi connectivity index (χ2v) is 7.62. The lowest BCUT2D eigenvalue weighted by Crippen LogP contribution is -2.71. The van der Waals surface area contributed by atoms with Gasteiger partial charge in [-0.1, -0.05) is 11.2 Å². The van der Waals surface area contributed by atoms with Gasteiger partial charge >= 0.3 is 12.1 Å². The number of pyridine rings is 1. The van der Waals surface area contributed by atoms with Crippen LogP contribution in [0.5, 0.6) is 0 Å². The van der Waals surface area contributed by atoms with E-state index in [0.717, 1.165) is 4.90 Å². The second-order valence-electron chi connectivity index (χ2n) is 6.52. The lowest BCUT2D eigenvalue weighted by atomic mass is 10.0. The van der Waals surface area contributed by atoms with Crippen LogP contribution in [0, 0.1) is 0 Å². The van der Waals surface area contributed by atoms with E-state index in [2.05, 4.69) is 25.5 Å². The first kappa shape index (κ1) is 23.5. The van der Waals surface area contributed by atoms with Gasteiger partial charge in [0.25, 0.3) is 11.8 Å². The average molecular weight is 478 g/mol. The van der Waals surface area contributed by atoms with Crippen molar-refractivity contribution in [2.24, 2.45) is 10.9 Å². The molecule has 0 saturated carbocycles. The minimum Gasteiger partial charge on any atom is -0.477 e. The molecule has 2 aliphatic heterocycles. The quantitative estimate of drug-likeness (QED) is 0.145. The number of nitrogens with zero attached hydrogens (tertiary/aromatic N) is 3. The van der Waals surface area contributed by atoms with Gasteiger partial charge in [-0.25, -0.2) is 14.6 Å². The number of aromatic nitrogens is 1. The number of carboxylic acids is 1. The van der Waals surface area contributed by atoms with Crippen molar-refractivity contribution in [3.8, 4) is 0 Å². The highest BCUT2D eigenvalue weighted by atomic mass is 32.2. The number of anilines is 1. The van der Waals surface area contributed by atoms with Gasteiger partial charge < -0.3 is 31.0 Å². The number of carboxylic acid groups (broad SMARTS) is 1. The monoisotopic (exact) mass is 478 g/mol. The lowest BCUT2D eigenvalue weighted by Gasteiger charge is -2.49. The fourth-order valence-corrected chi connectivity index (χ4v) is 4.49. The number of nitrogens with two attached hydrogens (primary N) is 1. The van der Waals surface area contributed by atoms with Gasteiger partial charge in [-0.15, -0.1) is 11.8 Å². The van der Waals surface area contributed by atoms with E-state index in [-0.39, 0.29) is 40.9 Å². The number of carbonyl (C=O) groups excluding carboxylic acids is 4. The molecule has 15 heteroatoms. The number of carbonyl (C=O) groups is 5. The van der Waals surface area contributed by atoms with E-state index in [0.29, 0.717) is 6.41 Å². The number of oxime groups is 1. The van der Waals surface area contributed by atoms with Gasteiger partial charge in [0.15, 0.2) is 5.71 Å². The standard InChI is InChI=1S/C18H18N6O8S/c1-31-23-11(9-3-2-4-10(21-9)20-7-25)14(26)22-12-15(27)24-13(17(28)29)8(5-32-18(19)30)6-33-16(12)24/h2-4,7,12,16H,5-6H2,1H3,(H2,19,30)(H,22,26)(H,28,29)(H,20,21,25)/b23-11-/t12?,16-/m1/s1. The number of hydrogen-bond donors (Lipinski definition) is 4. The summed E-state index contributed by atoms with van der Waals surface area (Å²) in [5, 5.41) is 17.4. The molecular formula is C18H18N6O8S. The van der Waals surface area contributed by atoms with Gasteiger partial charge in [-0.05, 0) is 12.1 Å². The Morgan fingerprint density at radius 2 is 2.18 bits per heavy atom. The number of β-lactam (4-membered cyclic amide) rings is 1. The molecular weight excluding hydrogens is 460 g/mol. The van der Waals surface area contributed by atoms with Crippen LogP contribution in [-0.4, -0.2) is 81.9 Å². The molecule has 0 bridgehead atoms. The van der Waals surface area contributed by atoms with Gasteiger partial charge in [0.05, 0.1) is 0 Å². The van der Waals surface area contributed by atoms with Crippen LogP contribution in [0.1, 0.15) is 5.69 Å². The topological polar surface area (TPSA) is 203 Å². The number of rotatable bonds is 9. The average Bonchev–Trinajstić information content (AvgIpc) is 2.78. The summed E-state index contributed by atoms with van der Waals surface area (Å²) in [6, 6.07) is 3.42. The van der Waals surface area contributed by atoms with Gasteiger partial charge in [-0.2, -0.15) is 0 Å². The summed E-state index contributed by atoms with van der Waals surface area (Å²) in [5.74, 6) is -2.55. The molecule has 2 atom stereocenters. The summed E-state index contributed by atoms with van der Waals surface area (Å²) in [6.07, 6.45) is -0.664. The summed E-state index contributed by atoms with van der Waals surface area (Å²) < 4.78 is 4.66. The van der Waals surface area contributed by atoms with Crippen molar-refractivity contribution in [1.29, 1.82) is 0 Å². The van der Waals surface area contributed by atoms with E-state index in [9.17, 15) is 29.1 Å². The highest BCUT2D eigenvalue weighted by Gasteiger charge is 2.54. The van der Waals surface area contributed by atoms with Gasteiger partial charge in [-0.3, -0.25) is 19.3 Å². The second kappa shape index (κ2) is 9.99. The Labute approximate surface area is 190 Å². The number of ether oxygens (including phenoxy) is 1. The van der Waals surface area contributed by atoms with Crippen molar-refractivity contribution in [3.63, 3.8) is 0 Å². The maximum Gasteiger partial charge on any atom is 0.404 e. The van der Waals surface area contributed by atoms with Crippen LogP contribution in [0.2, 0.25) is 0 Å². The van der Waals surface area contributed by atoms with E-state index >= 15 is 0 Å². The molecule has 1 saturated heterocycles. The van der Waals surface area contributed by atoms with Crippen LogP contribution >= 0.6 is 11.8 Å². The maximum absolute atomic E-state index is 12.9. The molecule has 1 fully saturated rings. The molecule has 2 aliphatic rings. The number of hydrogen-bond acceptors (Lipinski definition) is 10. The van der Waals surface area contributed by atoms with Crippen LogP contribution in [0.3, 0.4) is 0 Å². The zero-order valence-electron chi connectivity index (χ0n) is 17.0. The molecule has 0 aliphatic carbocycles. The van der Waals surface area contributed by atoms with Crippen LogP contribution in [0.25, 0.3) is 0 Å². The summed E-state index contributed by atoms with van der Waals surface area (Å²) in [4.78, 5) is 68.6. The number of aliphatic carboxylic acids is 1. The Morgan fingerprint density at radius 1 is 1.42 bits per heavy atom. The largest absolute Gasteiger partial charge is 0.477 e. The maximum atomic E-state index is 12.9. The molecule has 1 aromatic heterocycles. The van der Waals surface area contributed by atoms with E-state index in [1.165, 1.54) is 37.1 Å². The van der Waals surface area contributed by atoms with E-state index in [1.54, 1.807) is 0 Å². The Kier molecular flexibility index (Phi) is 7.12. The van der Waals surface area contributed by atoms with Gasteiger partial charge in [0, 0.05) is 11.3 Å². The third kappa shape index (κ3) is 4.87. The number of thioether (sulfide) groups is 1. The Bertz CT molecular complexity index is 1070. The number of amides is 4. The third-order valence-electron chi connectivity index (χ3n) is 4.52. The zero-order valence-corrected chi connectivity index (χ0v) is 17.8. The van der Waals surface area contributed by atoms with Crippen molar-refractivity contribution in [2.75, 3.05) is 24.8 Å². The van der Waals surface area contributed by atoms with Crippen LogP contribution in [-0.2, 0) is 28.8 Å². The summed E-state index contributed by atoms with van der Waals surface area (Å²) in [5.41, 5.74) is 4.61. The number of primary amides is 1. The molecule has 33 heavy (non-hydrogen) atoms. The summed E-state index contributed by atoms with van der Waals surface area (Å²) in [6.45, 7) is -0.376. The number of nitrogens with one attached hydrogen (secondary N) is 2. The SMILES string of the molecule is CO/N=C(\C(=O)NC1C(=O)N2C(C(=O)O)=C(COC(N)=O)CS[C@H]12)c1cccc(NC=O)n1. The molecule has 0 aromatic carbocycles. The highest BCUT2D eigenvalue weighted by molar-refractivity contribution is 8.00. The fraction of sp³-hybridized carbons (Fsp3) is 0.278. The van der Waals surface area contributed by atoms with Crippen molar-refractivity contribution in [2.45, 2.75) is 11.4 Å². The molecule has 4 amide bonds. The van der Waals surface area contributed by atoms with E-state index in [1.807, 2.05) is 0 Å². The first-order chi connectivity index (χ1) is 15.8. The van der Waals surface area contributed by atoms with Crippen molar-refractivity contribution < 1.29 is 38.7 Å². The van der Waals surface area contributed by atoms with Crippen LogP contribution < -0.4 is 16.4 Å². The molecule has 14 nitrogen and oxygen atoms in total. The smallest absolute Gasteiger partial charge is 0.404 e.